The highest BCUT2D eigenvalue weighted by Gasteiger charge is 2.27. The molecule has 0 saturated carbocycles. The number of nitrogens with zero attached hydrogens (tertiary/aromatic N) is 4. The number of rotatable bonds is 5. The highest BCUT2D eigenvalue weighted by molar-refractivity contribution is 7.07. The first-order valence-electron chi connectivity index (χ1n) is 9.95. The molecule has 0 N–H and O–H groups in total. The van der Waals surface area contributed by atoms with Crippen molar-refractivity contribution >= 4 is 23.2 Å². The summed E-state index contributed by atoms with van der Waals surface area (Å²) in [5.41, 5.74) is 3.36. The largest absolute Gasteiger partial charge is 0.443 e. The second-order valence-electron chi connectivity index (χ2n) is 7.40. The molecule has 9 heteroatoms. The molecule has 6 nitrogen and oxygen atoms in total. The summed E-state index contributed by atoms with van der Waals surface area (Å²) in [4.78, 5) is 24.8. The van der Waals surface area contributed by atoms with Gasteiger partial charge in [-0.3, -0.25) is 0 Å². The van der Waals surface area contributed by atoms with Crippen LogP contribution in [0.2, 0.25) is 0 Å². The second kappa shape index (κ2) is 9.38. The van der Waals surface area contributed by atoms with Crippen LogP contribution in [0.4, 0.5) is 19.4 Å². The Morgan fingerprint density at radius 3 is 2.65 bits per heavy atom. The molecule has 0 aliphatic carbocycles. The third kappa shape index (κ3) is 5.16. The summed E-state index contributed by atoms with van der Waals surface area (Å²) in [6.07, 6.45) is 1.17. The van der Waals surface area contributed by atoms with E-state index in [2.05, 4.69) is 14.9 Å². The Morgan fingerprint density at radius 2 is 1.97 bits per heavy atom. The fourth-order valence-electron chi connectivity index (χ4n) is 3.64. The number of hydrogen-bond donors (Lipinski definition) is 0. The van der Waals surface area contributed by atoms with Crippen LogP contribution >= 0.6 is 11.3 Å². The molecule has 3 aromatic rings. The minimum Gasteiger partial charge on any atom is -0.443 e. The molecule has 0 atom stereocenters. The molecule has 3 heterocycles. The van der Waals surface area contributed by atoms with Gasteiger partial charge in [0.2, 0.25) is 0 Å². The SMILES string of the molecule is CN(C(=O)OCc1cscn1)C1CCN(c2cccc(-c3cc(F)cc(F)c3)n2)CC1. The van der Waals surface area contributed by atoms with Crippen molar-refractivity contribution in [2.24, 2.45) is 0 Å². The molecule has 0 unspecified atom stereocenters. The molecule has 31 heavy (non-hydrogen) atoms. The van der Waals surface area contributed by atoms with Gasteiger partial charge < -0.3 is 14.5 Å². The number of anilines is 1. The van der Waals surface area contributed by atoms with E-state index < -0.39 is 11.6 Å². The molecule has 0 radical (unpaired) electrons. The quantitative estimate of drug-likeness (QED) is 0.570. The highest BCUT2D eigenvalue weighted by Crippen LogP contribution is 2.25. The van der Waals surface area contributed by atoms with Gasteiger partial charge in [-0.2, -0.15) is 0 Å². The Morgan fingerprint density at radius 1 is 1.23 bits per heavy atom. The summed E-state index contributed by atoms with van der Waals surface area (Å²) in [6.45, 7) is 1.59. The molecule has 2 aromatic heterocycles. The number of aromatic nitrogens is 2. The molecule has 1 saturated heterocycles. The van der Waals surface area contributed by atoms with E-state index in [4.69, 9.17) is 4.74 Å². The molecule has 4 rings (SSSR count). The summed E-state index contributed by atoms with van der Waals surface area (Å²) in [6, 6.07) is 8.90. The van der Waals surface area contributed by atoms with Crippen molar-refractivity contribution in [3.8, 4) is 11.3 Å². The smallest absolute Gasteiger partial charge is 0.410 e. The van der Waals surface area contributed by atoms with Crippen molar-refractivity contribution in [1.82, 2.24) is 14.9 Å². The Balaban J connectivity index is 1.35. The van der Waals surface area contributed by atoms with E-state index in [9.17, 15) is 13.6 Å². The number of benzene rings is 1. The summed E-state index contributed by atoms with van der Waals surface area (Å²) in [5.74, 6) is -0.519. The zero-order chi connectivity index (χ0) is 21.8. The van der Waals surface area contributed by atoms with E-state index in [1.54, 1.807) is 23.5 Å². The van der Waals surface area contributed by atoms with Gasteiger partial charge in [0, 0.05) is 43.2 Å². The lowest BCUT2D eigenvalue weighted by molar-refractivity contribution is 0.0854. The zero-order valence-corrected chi connectivity index (χ0v) is 17.8. The number of carbonyl (C=O) groups excluding carboxylic acids is 1. The number of hydrogen-bond acceptors (Lipinski definition) is 6. The Hall–Kier alpha value is -3.07. The van der Waals surface area contributed by atoms with Gasteiger partial charge in [0.25, 0.3) is 0 Å². The van der Waals surface area contributed by atoms with Gasteiger partial charge in [-0.05, 0) is 37.1 Å². The normalized spacial score (nSPS) is 14.5. The minimum absolute atomic E-state index is 0.0691. The van der Waals surface area contributed by atoms with Crippen LogP contribution in [0.25, 0.3) is 11.3 Å². The predicted molar refractivity (Wildman–Crippen MR) is 115 cm³/mol. The van der Waals surface area contributed by atoms with Crippen LogP contribution in [0.3, 0.4) is 0 Å². The third-order valence-corrected chi connectivity index (χ3v) is 5.98. The maximum atomic E-state index is 13.6. The molecule has 162 valence electrons. The number of ether oxygens (including phenoxy) is 1. The van der Waals surface area contributed by atoms with Gasteiger partial charge in [0.05, 0.1) is 16.9 Å². The van der Waals surface area contributed by atoms with Crippen LogP contribution in [0.5, 0.6) is 0 Å². The van der Waals surface area contributed by atoms with Gasteiger partial charge in [0.15, 0.2) is 0 Å². The fraction of sp³-hybridized carbons (Fsp3) is 0.318. The summed E-state index contributed by atoms with van der Waals surface area (Å²) >= 11 is 1.46. The van der Waals surface area contributed by atoms with Crippen LogP contribution < -0.4 is 4.90 Å². The van der Waals surface area contributed by atoms with Crippen molar-refractivity contribution < 1.29 is 18.3 Å². The molecule has 0 bridgehead atoms. The topological polar surface area (TPSA) is 58.6 Å². The van der Waals surface area contributed by atoms with E-state index in [0.717, 1.165) is 30.4 Å². The Labute approximate surface area is 183 Å². The standard InChI is InChI=1S/C22H22F2N4O2S/c1-27(22(29)30-12-18-13-31-14-25-18)19-5-7-28(8-6-19)21-4-2-3-20(26-21)15-9-16(23)11-17(24)10-15/h2-4,9-11,13-14,19H,5-8,12H2,1H3. The number of amides is 1. The van der Waals surface area contributed by atoms with Gasteiger partial charge in [0.1, 0.15) is 24.1 Å². The maximum Gasteiger partial charge on any atom is 0.410 e. The van der Waals surface area contributed by atoms with Gasteiger partial charge in [-0.15, -0.1) is 11.3 Å². The first-order chi connectivity index (χ1) is 15.0. The minimum atomic E-state index is -0.632. The monoisotopic (exact) mass is 444 g/mol. The van der Waals surface area contributed by atoms with Crippen LogP contribution in [0.1, 0.15) is 18.5 Å². The summed E-state index contributed by atoms with van der Waals surface area (Å²) in [5, 5.41) is 1.85. The first-order valence-corrected chi connectivity index (χ1v) is 10.9. The van der Waals surface area contributed by atoms with Gasteiger partial charge in [-0.25, -0.2) is 23.5 Å². The number of pyridine rings is 1. The molecular weight excluding hydrogens is 422 g/mol. The lowest BCUT2D eigenvalue weighted by atomic mass is 10.0. The third-order valence-electron chi connectivity index (χ3n) is 5.34. The van der Waals surface area contributed by atoms with Gasteiger partial charge in [-0.1, -0.05) is 6.07 Å². The van der Waals surface area contributed by atoms with E-state index >= 15 is 0 Å². The van der Waals surface area contributed by atoms with Crippen LogP contribution in [0, 0.1) is 11.6 Å². The van der Waals surface area contributed by atoms with E-state index in [-0.39, 0.29) is 18.7 Å². The lowest BCUT2D eigenvalue weighted by Gasteiger charge is -2.36. The molecule has 1 amide bonds. The maximum absolute atomic E-state index is 13.6. The Bertz CT molecular complexity index is 1020. The van der Waals surface area contributed by atoms with Crippen LogP contribution in [-0.4, -0.2) is 47.1 Å². The zero-order valence-electron chi connectivity index (χ0n) is 17.0. The van der Waals surface area contributed by atoms with Gasteiger partial charge >= 0.3 is 6.09 Å². The van der Waals surface area contributed by atoms with E-state index in [1.165, 1.54) is 23.5 Å². The first kappa shape index (κ1) is 21.2. The number of carbonyl (C=O) groups is 1. The predicted octanol–water partition coefficient (Wildman–Crippen LogP) is 4.72. The van der Waals surface area contributed by atoms with Crippen LogP contribution in [-0.2, 0) is 11.3 Å². The molecule has 1 aliphatic heterocycles. The van der Waals surface area contributed by atoms with Crippen molar-refractivity contribution in [2.45, 2.75) is 25.5 Å². The van der Waals surface area contributed by atoms with Crippen molar-refractivity contribution in [3.05, 3.63) is 64.6 Å². The number of piperidine rings is 1. The molecule has 1 aliphatic rings. The lowest BCUT2D eigenvalue weighted by Crippen LogP contribution is -2.46. The second-order valence-corrected chi connectivity index (χ2v) is 8.12. The fourth-order valence-corrected chi connectivity index (χ4v) is 4.18. The van der Waals surface area contributed by atoms with Crippen molar-refractivity contribution in [1.29, 1.82) is 0 Å². The average molecular weight is 445 g/mol. The highest BCUT2D eigenvalue weighted by atomic mass is 32.1. The van der Waals surface area contributed by atoms with Crippen molar-refractivity contribution in [2.75, 3.05) is 25.0 Å². The molecular formula is C22H22F2N4O2S. The number of halogens is 2. The van der Waals surface area contributed by atoms with Crippen molar-refractivity contribution in [3.63, 3.8) is 0 Å². The summed E-state index contributed by atoms with van der Waals surface area (Å²) in [7, 11) is 1.75. The van der Waals surface area contributed by atoms with E-state index in [0.29, 0.717) is 24.3 Å². The average Bonchev–Trinajstić information content (AvgIpc) is 3.30. The molecule has 1 aromatic carbocycles. The molecule has 0 spiro atoms. The van der Waals surface area contributed by atoms with Crippen LogP contribution in [0.15, 0.2) is 47.3 Å². The molecule has 1 fully saturated rings. The van der Waals surface area contributed by atoms with E-state index in [1.807, 2.05) is 17.5 Å². The summed E-state index contributed by atoms with van der Waals surface area (Å²) < 4.78 is 32.5. The number of thiazole rings is 1. The Kier molecular flexibility index (Phi) is 6.41.